The molecule has 2 N–H and O–H groups in total. The number of nitrogens with one attached hydrogen (secondary N) is 1. The molecular weight excluding hydrogens is 242 g/mol. The largest absolute Gasteiger partial charge is 0.497 e. The van der Waals surface area contributed by atoms with Crippen LogP contribution in [0.1, 0.15) is 17.3 Å². The highest BCUT2D eigenvalue weighted by Gasteiger charge is 2.15. The smallest absolute Gasteiger partial charge is 0.120 e. The van der Waals surface area contributed by atoms with Gasteiger partial charge in [0.2, 0.25) is 0 Å². The average Bonchev–Trinajstić information content (AvgIpc) is 2.75. The van der Waals surface area contributed by atoms with E-state index in [1.54, 1.807) is 11.8 Å². The van der Waals surface area contributed by atoms with Gasteiger partial charge in [-0.25, -0.2) is 0 Å². The second kappa shape index (κ2) is 5.75. The second-order valence-electron chi connectivity index (χ2n) is 4.45. The minimum Gasteiger partial charge on any atom is -0.497 e. The molecule has 2 aromatic rings. The Kier molecular flexibility index (Phi) is 4.06. The molecule has 5 heteroatoms. The summed E-state index contributed by atoms with van der Waals surface area (Å²) in [5.74, 6) is 0.782. The van der Waals surface area contributed by atoms with Crippen molar-refractivity contribution in [3.63, 3.8) is 0 Å². The maximum atomic E-state index is 9.57. The third-order valence-corrected chi connectivity index (χ3v) is 3.02. The summed E-state index contributed by atoms with van der Waals surface area (Å²) in [6, 6.07) is 7.45. The average molecular weight is 261 g/mol. The summed E-state index contributed by atoms with van der Waals surface area (Å²) in [5, 5.41) is 17.2. The predicted octanol–water partition coefficient (Wildman–Crippen LogP) is 1.88. The van der Waals surface area contributed by atoms with Crippen molar-refractivity contribution in [2.24, 2.45) is 7.05 Å². The van der Waals surface area contributed by atoms with Crippen LogP contribution in [0.3, 0.4) is 0 Å². The molecule has 0 aliphatic heterocycles. The number of rotatable bonds is 5. The molecule has 0 fully saturated rings. The SMILES string of the molecule is COc1cccc(NC(CO)c2cn(C)nc2C)c1. The zero-order chi connectivity index (χ0) is 13.8. The number of aliphatic hydroxyl groups excluding tert-OH is 1. The molecule has 1 aromatic heterocycles. The van der Waals surface area contributed by atoms with Gasteiger partial charge >= 0.3 is 0 Å². The molecule has 102 valence electrons. The lowest BCUT2D eigenvalue weighted by Crippen LogP contribution is -2.15. The van der Waals surface area contributed by atoms with Crippen LogP contribution in [-0.4, -0.2) is 28.6 Å². The maximum Gasteiger partial charge on any atom is 0.120 e. The van der Waals surface area contributed by atoms with Gasteiger partial charge in [0, 0.05) is 30.6 Å². The van der Waals surface area contributed by atoms with E-state index in [0.29, 0.717) is 0 Å². The maximum absolute atomic E-state index is 9.57. The molecule has 1 unspecified atom stereocenters. The van der Waals surface area contributed by atoms with Gasteiger partial charge in [-0.3, -0.25) is 4.68 Å². The van der Waals surface area contributed by atoms with Gasteiger partial charge in [0.25, 0.3) is 0 Å². The molecule has 0 saturated heterocycles. The predicted molar refractivity (Wildman–Crippen MR) is 74.4 cm³/mol. The Morgan fingerprint density at radius 3 is 2.84 bits per heavy atom. The molecule has 0 radical (unpaired) electrons. The summed E-state index contributed by atoms with van der Waals surface area (Å²) < 4.78 is 6.94. The van der Waals surface area contributed by atoms with Crippen molar-refractivity contribution in [1.82, 2.24) is 9.78 Å². The van der Waals surface area contributed by atoms with Crippen LogP contribution in [0.2, 0.25) is 0 Å². The Labute approximate surface area is 112 Å². The fourth-order valence-corrected chi connectivity index (χ4v) is 2.10. The van der Waals surface area contributed by atoms with E-state index in [0.717, 1.165) is 22.7 Å². The number of anilines is 1. The highest BCUT2D eigenvalue weighted by Crippen LogP contribution is 2.24. The number of ether oxygens (including phenoxy) is 1. The molecule has 0 spiro atoms. The number of aliphatic hydroxyl groups is 1. The zero-order valence-electron chi connectivity index (χ0n) is 11.4. The van der Waals surface area contributed by atoms with Crippen LogP contribution in [0.25, 0.3) is 0 Å². The van der Waals surface area contributed by atoms with Gasteiger partial charge in [-0.05, 0) is 19.1 Å². The summed E-state index contributed by atoms with van der Waals surface area (Å²) in [6.45, 7) is 1.94. The van der Waals surface area contributed by atoms with Crippen molar-refractivity contribution in [3.05, 3.63) is 41.7 Å². The van der Waals surface area contributed by atoms with Crippen molar-refractivity contribution >= 4 is 5.69 Å². The van der Waals surface area contributed by atoms with E-state index in [9.17, 15) is 5.11 Å². The van der Waals surface area contributed by atoms with Crippen molar-refractivity contribution in [3.8, 4) is 5.75 Å². The highest BCUT2D eigenvalue weighted by atomic mass is 16.5. The monoisotopic (exact) mass is 261 g/mol. The summed E-state index contributed by atoms with van der Waals surface area (Å²) in [6.07, 6.45) is 1.92. The van der Waals surface area contributed by atoms with Crippen LogP contribution < -0.4 is 10.1 Å². The molecule has 1 atom stereocenters. The summed E-state index contributed by atoms with van der Waals surface area (Å²) in [5.41, 5.74) is 2.81. The molecule has 19 heavy (non-hydrogen) atoms. The molecule has 2 rings (SSSR count). The Morgan fingerprint density at radius 2 is 2.26 bits per heavy atom. The first-order valence-electron chi connectivity index (χ1n) is 6.15. The lowest BCUT2D eigenvalue weighted by atomic mass is 10.1. The third-order valence-electron chi connectivity index (χ3n) is 3.02. The third kappa shape index (κ3) is 3.06. The van der Waals surface area contributed by atoms with Crippen LogP contribution in [-0.2, 0) is 7.05 Å². The van der Waals surface area contributed by atoms with Crippen molar-refractivity contribution < 1.29 is 9.84 Å². The Bertz CT molecular complexity index is 551. The number of benzene rings is 1. The molecule has 1 heterocycles. The number of hydrogen-bond donors (Lipinski definition) is 2. The van der Waals surface area contributed by atoms with Crippen molar-refractivity contribution in [2.75, 3.05) is 19.0 Å². The normalized spacial score (nSPS) is 12.2. The van der Waals surface area contributed by atoms with Gasteiger partial charge in [-0.15, -0.1) is 0 Å². The fourth-order valence-electron chi connectivity index (χ4n) is 2.10. The first-order chi connectivity index (χ1) is 9.13. The lowest BCUT2D eigenvalue weighted by molar-refractivity contribution is 0.276. The number of aromatic nitrogens is 2. The van der Waals surface area contributed by atoms with E-state index < -0.39 is 0 Å². The first kappa shape index (κ1) is 13.4. The van der Waals surface area contributed by atoms with Crippen molar-refractivity contribution in [2.45, 2.75) is 13.0 Å². The van der Waals surface area contributed by atoms with Gasteiger partial charge in [-0.1, -0.05) is 6.07 Å². The number of methoxy groups -OCH3 is 1. The number of hydrogen-bond acceptors (Lipinski definition) is 4. The highest BCUT2D eigenvalue weighted by molar-refractivity contribution is 5.50. The second-order valence-corrected chi connectivity index (χ2v) is 4.45. The first-order valence-corrected chi connectivity index (χ1v) is 6.15. The summed E-state index contributed by atoms with van der Waals surface area (Å²) >= 11 is 0. The van der Waals surface area contributed by atoms with Gasteiger partial charge in [0.1, 0.15) is 5.75 Å². The van der Waals surface area contributed by atoms with E-state index in [-0.39, 0.29) is 12.6 Å². The summed E-state index contributed by atoms with van der Waals surface area (Å²) in [7, 11) is 3.50. The van der Waals surface area contributed by atoms with Gasteiger partial charge < -0.3 is 15.2 Å². The standard InChI is InChI=1S/C14H19N3O2/c1-10-13(8-17(2)16-10)14(9-18)15-11-5-4-6-12(7-11)19-3/h4-8,14-15,18H,9H2,1-3H3. The van der Waals surface area contributed by atoms with Gasteiger partial charge in [0.05, 0.1) is 25.5 Å². The van der Waals surface area contributed by atoms with Crippen LogP contribution in [0.15, 0.2) is 30.5 Å². The molecule has 0 aliphatic rings. The minimum absolute atomic E-state index is 0.00371. The molecule has 0 aliphatic carbocycles. The lowest BCUT2D eigenvalue weighted by Gasteiger charge is -2.17. The van der Waals surface area contributed by atoms with Gasteiger partial charge in [0.15, 0.2) is 0 Å². The number of aryl methyl sites for hydroxylation is 2. The molecule has 5 nitrogen and oxygen atoms in total. The van der Waals surface area contributed by atoms with Gasteiger partial charge in [-0.2, -0.15) is 5.10 Å². The van der Waals surface area contributed by atoms with E-state index in [2.05, 4.69) is 10.4 Å². The van der Waals surface area contributed by atoms with E-state index in [1.807, 2.05) is 44.4 Å². The van der Waals surface area contributed by atoms with E-state index in [1.165, 1.54) is 0 Å². The Balaban J connectivity index is 2.21. The Hall–Kier alpha value is -2.01. The number of nitrogens with zero attached hydrogens (tertiary/aromatic N) is 2. The molecule has 0 amide bonds. The van der Waals surface area contributed by atoms with Crippen LogP contribution in [0, 0.1) is 6.92 Å². The van der Waals surface area contributed by atoms with Crippen LogP contribution >= 0.6 is 0 Å². The van der Waals surface area contributed by atoms with Crippen LogP contribution in [0.5, 0.6) is 5.75 Å². The van der Waals surface area contributed by atoms with Crippen molar-refractivity contribution in [1.29, 1.82) is 0 Å². The topological polar surface area (TPSA) is 59.3 Å². The zero-order valence-corrected chi connectivity index (χ0v) is 11.4. The molecular formula is C14H19N3O2. The Morgan fingerprint density at radius 1 is 1.47 bits per heavy atom. The van der Waals surface area contributed by atoms with E-state index >= 15 is 0 Å². The minimum atomic E-state index is -0.180. The molecule has 0 bridgehead atoms. The molecule has 1 aromatic carbocycles. The van der Waals surface area contributed by atoms with Crippen LogP contribution in [0.4, 0.5) is 5.69 Å². The van der Waals surface area contributed by atoms with E-state index in [4.69, 9.17) is 4.74 Å². The quantitative estimate of drug-likeness (QED) is 0.863. The summed E-state index contributed by atoms with van der Waals surface area (Å²) in [4.78, 5) is 0. The fraction of sp³-hybridized carbons (Fsp3) is 0.357. The molecule has 0 saturated carbocycles.